The van der Waals surface area contributed by atoms with E-state index in [2.05, 4.69) is 40.3 Å². The predicted octanol–water partition coefficient (Wildman–Crippen LogP) is 6.26. The Kier molecular flexibility index (Phi) is 6.42. The summed E-state index contributed by atoms with van der Waals surface area (Å²) in [6.07, 6.45) is 1.97. The largest absolute Gasteiger partial charge is 0.360 e. The number of hydrogen-bond donors (Lipinski definition) is 1. The molecule has 35 heavy (non-hydrogen) atoms. The molecule has 0 spiro atoms. The van der Waals surface area contributed by atoms with E-state index in [-0.39, 0.29) is 17.7 Å². The average molecular weight is 482 g/mol. The van der Waals surface area contributed by atoms with Gasteiger partial charge in [-0.1, -0.05) is 60.3 Å². The number of para-hydroxylation sites is 2. The maximum absolute atomic E-state index is 13.3. The Labute approximate surface area is 209 Å². The Balaban J connectivity index is 1.51. The molecule has 3 aromatic carbocycles. The van der Waals surface area contributed by atoms with Crippen molar-refractivity contribution in [2.45, 2.75) is 32.0 Å². The number of benzene rings is 3. The van der Waals surface area contributed by atoms with Crippen LogP contribution in [0.15, 0.2) is 90.2 Å². The quantitative estimate of drug-likeness (QED) is 0.279. The highest BCUT2D eigenvalue weighted by atomic mass is 32.2. The van der Waals surface area contributed by atoms with Gasteiger partial charge in [-0.2, -0.15) is 0 Å². The van der Waals surface area contributed by atoms with E-state index in [0.29, 0.717) is 5.16 Å². The SMILES string of the molecule is Cc1cccc(-n2c(SCC(=O)N(c3ccccc3)C(C)C)nnc2-c2c[nH]c3ccccc23)c1. The molecule has 7 heteroatoms. The molecule has 0 aliphatic rings. The third kappa shape index (κ3) is 4.59. The summed E-state index contributed by atoms with van der Waals surface area (Å²) < 4.78 is 2.04. The van der Waals surface area contributed by atoms with Gasteiger partial charge in [0.15, 0.2) is 11.0 Å². The minimum Gasteiger partial charge on any atom is -0.360 e. The van der Waals surface area contributed by atoms with Gasteiger partial charge in [-0.15, -0.1) is 10.2 Å². The maximum Gasteiger partial charge on any atom is 0.237 e. The Hall–Kier alpha value is -3.84. The monoisotopic (exact) mass is 481 g/mol. The lowest BCUT2D eigenvalue weighted by atomic mass is 10.1. The lowest BCUT2D eigenvalue weighted by Gasteiger charge is -2.26. The summed E-state index contributed by atoms with van der Waals surface area (Å²) in [7, 11) is 0. The van der Waals surface area contributed by atoms with Crippen molar-refractivity contribution < 1.29 is 4.79 Å². The van der Waals surface area contributed by atoms with E-state index in [0.717, 1.165) is 39.2 Å². The second kappa shape index (κ2) is 9.80. The number of nitrogens with zero attached hydrogens (tertiary/aromatic N) is 4. The first-order valence-electron chi connectivity index (χ1n) is 11.6. The topological polar surface area (TPSA) is 66.8 Å². The molecule has 6 nitrogen and oxygen atoms in total. The van der Waals surface area contributed by atoms with Crippen molar-refractivity contribution in [3.63, 3.8) is 0 Å². The lowest BCUT2D eigenvalue weighted by molar-refractivity contribution is -0.116. The van der Waals surface area contributed by atoms with Crippen LogP contribution >= 0.6 is 11.8 Å². The van der Waals surface area contributed by atoms with Gasteiger partial charge in [0.05, 0.1) is 5.75 Å². The number of thioether (sulfide) groups is 1. The van der Waals surface area contributed by atoms with Gasteiger partial charge in [0.25, 0.3) is 0 Å². The van der Waals surface area contributed by atoms with E-state index in [1.54, 1.807) is 0 Å². The van der Waals surface area contributed by atoms with Gasteiger partial charge in [0, 0.05) is 40.1 Å². The van der Waals surface area contributed by atoms with E-state index in [1.165, 1.54) is 11.8 Å². The molecule has 0 fully saturated rings. The first-order valence-corrected chi connectivity index (χ1v) is 12.6. The lowest BCUT2D eigenvalue weighted by Crippen LogP contribution is -2.38. The fourth-order valence-corrected chi connectivity index (χ4v) is 5.12. The second-order valence-electron chi connectivity index (χ2n) is 8.71. The van der Waals surface area contributed by atoms with Gasteiger partial charge in [0.2, 0.25) is 5.91 Å². The third-order valence-electron chi connectivity index (χ3n) is 5.87. The van der Waals surface area contributed by atoms with Crippen molar-refractivity contribution in [2.24, 2.45) is 0 Å². The Bertz CT molecular complexity index is 1470. The number of carbonyl (C=O) groups excluding carboxylic acids is 1. The van der Waals surface area contributed by atoms with Gasteiger partial charge in [-0.05, 0) is 56.7 Å². The minimum absolute atomic E-state index is 0.0311. The molecule has 0 aliphatic heterocycles. The smallest absolute Gasteiger partial charge is 0.237 e. The number of aryl methyl sites for hydroxylation is 1. The number of nitrogens with one attached hydrogen (secondary N) is 1. The number of amides is 1. The number of anilines is 1. The van der Waals surface area contributed by atoms with E-state index in [9.17, 15) is 4.79 Å². The molecule has 0 atom stereocenters. The van der Waals surface area contributed by atoms with E-state index < -0.39 is 0 Å². The second-order valence-corrected chi connectivity index (χ2v) is 9.65. The highest BCUT2D eigenvalue weighted by Crippen LogP contribution is 2.33. The molecule has 176 valence electrons. The van der Waals surface area contributed by atoms with E-state index >= 15 is 0 Å². The van der Waals surface area contributed by atoms with Crippen molar-refractivity contribution >= 4 is 34.3 Å². The third-order valence-corrected chi connectivity index (χ3v) is 6.78. The minimum atomic E-state index is 0.0311. The molecule has 1 N–H and O–H groups in total. The van der Waals surface area contributed by atoms with Crippen molar-refractivity contribution in [3.05, 3.63) is 90.6 Å². The Morgan fingerprint density at radius 3 is 2.54 bits per heavy atom. The number of rotatable bonds is 7. The molecule has 2 aromatic heterocycles. The first-order chi connectivity index (χ1) is 17.0. The summed E-state index contributed by atoms with van der Waals surface area (Å²) in [4.78, 5) is 18.5. The van der Waals surface area contributed by atoms with Crippen LogP contribution in [0, 0.1) is 6.92 Å². The highest BCUT2D eigenvalue weighted by molar-refractivity contribution is 7.99. The summed E-state index contributed by atoms with van der Waals surface area (Å²) in [6, 6.07) is 26.2. The van der Waals surface area contributed by atoms with Crippen molar-refractivity contribution in [2.75, 3.05) is 10.7 Å². The zero-order valence-electron chi connectivity index (χ0n) is 20.0. The number of carbonyl (C=O) groups is 1. The fourth-order valence-electron chi connectivity index (χ4n) is 4.31. The molecule has 2 heterocycles. The summed E-state index contributed by atoms with van der Waals surface area (Å²) in [5, 5.41) is 10.9. The van der Waals surface area contributed by atoms with Crippen LogP contribution in [0.2, 0.25) is 0 Å². The van der Waals surface area contributed by atoms with Crippen LogP contribution in [-0.2, 0) is 4.79 Å². The van der Waals surface area contributed by atoms with Crippen LogP contribution in [0.4, 0.5) is 5.69 Å². The fraction of sp³-hybridized carbons (Fsp3) is 0.179. The Morgan fingerprint density at radius 2 is 1.77 bits per heavy atom. The van der Waals surface area contributed by atoms with Crippen LogP contribution in [-0.4, -0.2) is 37.5 Å². The molecule has 5 aromatic rings. The van der Waals surface area contributed by atoms with E-state index in [1.807, 2.05) is 90.2 Å². The predicted molar refractivity (Wildman–Crippen MR) is 143 cm³/mol. The molecular weight excluding hydrogens is 454 g/mol. The number of fused-ring (bicyclic) bond motifs is 1. The van der Waals surface area contributed by atoms with Crippen molar-refractivity contribution in [1.29, 1.82) is 0 Å². The molecule has 0 bridgehead atoms. The summed E-state index contributed by atoms with van der Waals surface area (Å²) >= 11 is 1.41. The number of aromatic amines is 1. The van der Waals surface area contributed by atoms with Crippen LogP contribution in [0.3, 0.4) is 0 Å². The van der Waals surface area contributed by atoms with Crippen LogP contribution < -0.4 is 4.90 Å². The van der Waals surface area contributed by atoms with Crippen LogP contribution in [0.1, 0.15) is 19.4 Å². The summed E-state index contributed by atoms with van der Waals surface area (Å²) in [5.74, 6) is 1.03. The number of H-pyrrole nitrogens is 1. The molecule has 5 rings (SSSR count). The summed E-state index contributed by atoms with van der Waals surface area (Å²) in [5.41, 5.74) is 5.02. The maximum atomic E-state index is 13.3. The van der Waals surface area contributed by atoms with Gasteiger partial charge < -0.3 is 9.88 Å². The molecular formula is C28H27N5OS. The zero-order valence-corrected chi connectivity index (χ0v) is 20.8. The summed E-state index contributed by atoms with van der Waals surface area (Å²) in [6.45, 7) is 6.12. The number of hydrogen-bond acceptors (Lipinski definition) is 4. The normalized spacial score (nSPS) is 11.3. The van der Waals surface area contributed by atoms with Crippen molar-refractivity contribution in [1.82, 2.24) is 19.7 Å². The molecule has 0 radical (unpaired) electrons. The molecule has 1 amide bonds. The molecule has 0 saturated heterocycles. The Morgan fingerprint density at radius 1 is 1.00 bits per heavy atom. The zero-order chi connectivity index (χ0) is 24.4. The van der Waals surface area contributed by atoms with Gasteiger partial charge in [-0.3, -0.25) is 9.36 Å². The van der Waals surface area contributed by atoms with Crippen LogP contribution in [0.5, 0.6) is 0 Å². The number of aromatic nitrogens is 4. The van der Waals surface area contributed by atoms with Gasteiger partial charge >= 0.3 is 0 Å². The van der Waals surface area contributed by atoms with Crippen LogP contribution in [0.25, 0.3) is 28.0 Å². The molecule has 0 saturated carbocycles. The van der Waals surface area contributed by atoms with E-state index in [4.69, 9.17) is 0 Å². The highest BCUT2D eigenvalue weighted by Gasteiger charge is 2.23. The first kappa shape index (κ1) is 22.9. The molecule has 0 unspecified atom stereocenters. The van der Waals surface area contributed by atoms with Gasteiger partial charge in [-0.25, -0.2) is 0 Å². The average Bonchev–Trinajstić information content (AvgIpc) is 3.47. The molecule has 0 aliphatic carbocycles. The van der Waals surface area contributed by atoms with Gasteiger partial charge in [0.1, 0.15) is 0 Å². The van der Waals surface area contributed by atoms with Crippen molar-refractivity contribution in [3.8, 4) is 17.1 Å². The standard InChI is InChI=1S/C28H27N5OS/c1-19(2)32(21-11-5-4-6-12-21)26(34)18-35-28-31-30-27(33(28)22-13-9-10-20(3)16-22)24-17-29-25-15-8-7-14-23(24)25/h4-17,19,29H,18H2,1-3H3.